The van der Waals surface area contributed by atoms with Crippen molar-refractivity contribution >= 4 is 36.0 Å². The highest BCUT2D eigenvalue weighted by molar-refractivity contribution is 7.92. The highest BCUT2D eigenvalue weighted by Gasteiger charge is 2.63. The number of nitrogens with zero attached hydrogens (tertiary/aromatic N) is 1. The quantitative estimate of drug-likeness (QED) is 0.285. The predicted molar refractivity (Wildman–Crippen MR) is 131 cm³/mol. The van der Waals surface area contributed by atoms with Gasteiger partial charge in [0.05, 0.1) is 34.3 Å². The molecule has 0 radical (unpaired) electrons. The third-order valence-corrected chi connectivity index (χ3v) is 9.92. The first-order chi connectivity index (χ1) is 16.7. The summed E-state index contributed by atoms with van der Waals surface area (Å²) in [5.41, 5.74) is 4.89. The molecule has 1 aliphatic heterocycles. The molecule has 0 fully saturated rings. The van der Waals surface area contributed by atoms with Crippen LogP contribution in [-0.4, -0.2) is 71.9 Å². The predicted octanol–water partition coefficient (Wildman–Crippen LogP) is 1.65. The first kappa shape index (κ1) is 24.7. The first-order valence-corrected chi connectivity index (χ1v) is 14.1. The lowest BCUT2D eigenvalue weighted by Gasteiger charge is -2.58. The van der Waals surface area contributed by atoms with Crippen molar-refractivity contribution in [2.45, 2.75) is 24.0 Å². The number of aliphatic hydroxyl groups excluding tert-OH is 2. The number of nitrogens with one attached hydrogen (secondary N) is 1. The summed E-state index contributed by atoms with van der Waals surface area (Å²) in [6.45, 7) is 0. The number of benzene rings is 1. The zero-order valence-electron chi connectivity index (χ0n) is 19.6. The normalized spacial score (nSPS) is 29.8. The van der Waals surface area contributed by atoms with Crippen LogP contribution >= 0.6 is 8.58 Å². The van der Waals surface area contributed by atoms with Crippen LogP contribution in [0.3, 0.4) is 0 Å². The Morgan fingerprint density at radius 1 is 1.31 bits per heavy atom. The van der Waals surface area contributed by atoms with Crippen molar-refractivity contribution in [2.24, 2.45) is 17.6 Å². The number of aliphatic hydroxyl groups is 2. The molecule has 6 N–H and O–H groups in total. The summed E-state index contributed by atoms with van der Waals surface area (Å²) in [5.74, 6) is -3.09. The number of Topliss-reactive ketones (excluding diaryl/α,β-unsaturated/α-hetero) is 1. The van der Waals surface area contributed by atoms with Crippen molar-refractivity contribution in [1.29, 1.82) is 0 Å². The number of hydrogen-bond donors (Lipinski definition) is 5. The monoisotopic (exact) mass is 537 g/mol. The van der Waals surface area contributed by atoms with Crippen LogP contribution in [0.5, 0.6) is 5.75 Å². The number of rotatable bonds is 4. The van der Waals surface area contributed by atoms with E-state index in [1.165, 1.54) is 0 Å². The van der Waals surface area contributed by atoms with E-state index in [2.05, 4.69) is 0 Å². The number of anilines is 1. The molecule has 0 aromatic heterocycles. The molecule has 10 nitrogen and oxygen atoms in total. The summed E-state index contributed by atoms with van der Waals surface area (Å²) in [7, 11) is -0.462. The van der Waals surface area contributed by atoms with Gasteiger partial charge in [0.25, 0.3) is 5.91 Å². The van der Waals surface area contributed by atoms with Crippen LogP contribution < -0.4 is 10.5 Å². The van der Waals surface area contributed by atoms with Crippen molar-refractivity contribution in [3.63, 3.8) is 0 Å². The van der Waals surface area contributed by atoms with E-state index in [0.29, 0.717) is 5.57 Å². The molecule has 1 amide bonds. The van der Waals surface area contributed by atoms with Gasteiger partial charge in [-0.05, 0) is 38.4 Å². The van der Waals surface area contributed by atoms with Gasteiger partial charge in [0.2, 0.25) is 10.0 Å². The van der Waals surface area contributed by atoms with Gasteiger partial charge in [-0.1, -0.05) is 14.4 Å². The molecule has 5 atom stereocenters. The number of ketones is 1. The summed E-state index contributed by atoms with van der Waals surface area (Å²) >= 11 is 0. The smallest absolute Gasteiger partial charge is 0.252 e. The number of hydrogen-bond acceptors (Lipinski definition) is 8. The largest absolute Gasteiger partial charge is 0.511 e. The molecule has 13 heteroatoms. The van der Waals surface area contributed by atoms with Crippen LogP contribution in [0, 0.1) is 17.7 Å². The fourth-order valence-electron chi connectivity index (χ4n) is 6.22. The van der Waals surface area contributed by atoms with Crippen molar-refractivity contribution < 1.29 is 37.7 Å². The Balaban J connectivity index is 1.72. The number of aromatic hydroxyl groups is 1. The highest BCUT2D eigenvalue weighted by Crippen LogP contribution is 2.68. The molecule has 1 spiro atoms. The number of phenols is 1. The van der Waals surface area contributed by atoms with Gasteiger partial charge in [-0.2, -0.15) is 0 Å². The zero-order chi connectivity index (χ0) is 26.5. The van der Waals surface area contributed by atoms with Crippen LogP contribution in [0.1, 0.15) is 22.3 Å². The minimum atomic E-state index is -3.89. The second-order valence-electron chi connectivity index (χ2n) is 9.86. The van der Waals surface area contributed by atoms with Crippen LogP contribution in [0.15, 0.2) is 40.1 Å². The fourth-order valence-corrected chi connectivity index (χ4v) is 8.41. The van der Waals surface area contributed by atoms with Gasteiger partial charge < -0.3 is 21.1 Å². The van der Waals surface area contributed by atoms with Crippen molar-refractivity contribution in [1.82, 2.24) is 4.90 Å². The van der Waals surface area contributed by atoms with Crippen LogP contribution in [-0.2, 0) is 21.2 Å². The van der Waals surface area contributed by atoms with E-state index in [1.54, 1.807) is 24.8 Å². The third kappa shape index (κ3) is 3.17. The number of amides is 1. The Bertz CT molecular complexity index is 1470. The molecule has 1 unspecified atom stereocenters. The highest BCUT2D eigenvalue weighted by atomic mass is 32.2. The standard InChI is InChI=1S/C23H25FN3O7PS/c1-27(2)17-10-5-8-4-9-12(24)6-13(26-36(3,33)34)18(28)15(9)19(29)14(8)21(31)23(10)11(7-35-23)16(20(17)30)22(25)32/h6-8,10,17,26,28,30-31,35H,4-5H2,1-3H3,(H2,25,32)/t8-,10-,17-,23+/m0/s1. The number of carbonyl (C=O) groups is 2. The number of sulfonamides is 1. The summed E-state index contributed by atoms with van der Waals surface area (Å²) < 4.78 is 40.5. The van der Waals surface area contributed by atoms with E-state index in [1.807, 2.05) is 4.72 Å². The zero-order valence-corrected chi connectivity index (χ0v) is 21.4. The van der Waals surface area contributed by atoms with Gasteiger partial charge in [0.15, 0.2) is 11.5 Å². The summed E-state index contributed by atoms with van der Waals surface area (Å²) in [6, 6.07) is 0.143. The fraction of sp³-hybridized carbons (Fsp3) is 0.391. The molecule has 1 aromatic rings. The van der Waals surface area contributed by atoms with E-state index in [9.17, 15) is 33.3 Å². The molecule has 0 saturated heterocycles. The van der Waals surface area contributed by atoms with Crippen LogP contribution in [0.4, 0.5) is 10.1 Å². The maximum Gasteiger partial charge on any atom is 0.252 e. The van der Waals surface area contributed by atoms with E-state index < -0.39 is 67.6 Å². The molecular weight excluding hydrogens is 512 g/mol. The molecule has 1 aromatic carbocycles. The Morgan fingerprint density at radius 2 is 1.97 bits per heavy atom. The van der Waals surface area contributed by atoms with Crippen molar-refractivity contribution in [3.05, 3.63) is 57.1 Å². The average Bonchev–Trinajstić information content (AvgIpc) is 2.72. The molecule has 4 aliphatic rings. The molecule has 3 aliphatic carbocycles. The lowest BCUT2D eigenvalue weighted by Crippen LogP contribution is -2.60. The van der Waals surface area contributed by atoms with Gasteiger partial charge in [-0.15, -0.1) is 0 Å². The Hall–Kier alpha value is -2.95. The minimum Gasteiger partial charge on any atom is -0.511 e. The van der Waals surface area contributed by atoms with E-state index in [0.717, 1.165) is 12.3 Å². The molecule has 0 bridgehead atoms. The molecule has 5 rings (SSSR count). The molecule has 0 saturated carbocycles. The second-order valence-corrected chi connectivity index (χ2v) is 13.0. The number of phenolic OH excluding ortho intramolecular Hbond substituents is 1. The lowest BCUT2D eigenvalue weighted by atomic mass is 9.59. The number of allylic oxidation sites excluding steroid dienone is 2. The molecule has 1 heterocycles. The number of carbonyl (C=O) groups excluding carboxylic acids is 2. The average molecular weight is 538 g/mol. The third-order valence-electron chi connectivity index (χ3n) is 7.56. The van der Waals surface area contributed by atoms with E-state index in [4.69, 9.17) is 5.73 Å². The maximum atomic E-state index is 15.1. The van der Waals surface area contributed by atoms with Crippen LogP contribution in [0.25, 0.3) is 0 Å². The maximum absolute atomic E-state index is 15.1. The first-order valence-electron chi connectivity index (χ1n) is 11.1. The van der Waals surface area contributed by atoms with Gasteiger partial charge in [-0.3, -0.25) is 19.2 Å². The van der Waals surface area contributed by atoms with E-state index >= 15 is 4.39 Å². The lowest BCUT2D eigenvalue weighted by molar-refractivity contribution is -0.114. The number of fused-ring (bicyclic) bond motifs is 2. The number of primary amides is 1. The number of nitrogens with two attached hydrogens (primary N) is 1. The number of likely N-dealkylation sites (N-methyl/N-ethyl adjacent to an activating group) is 1. The Morgan fingerprint density at radius 3 is 2.50 bits per heavy atom. The second kappa shape index (κ2) is 7.77. The Kier molecular flexibility index (Phi) is 5.34. The van der Waals surface area contributed by atoms with Crippen molar-refractivity contribution in [3.8, 4) is 5.75 Å². The molecule has 36 heavy (non-hydrogen) atoms. The molecular formula is C23H25FN3O7PS. The number of halogens is 1. The Labute approximate surface area is 208 Å². The molecule has 192 valence electrons. The SMILES string of the molecule is CN(C)[C@@H]1C(O)=C(C(N)=O)C2=CP[C@@]23C(O)=C2C(=O)c4c(O)c(NS(C)(=O)=O)cc(F)c4C[C@H]2C[C@@H]13. The summed E-state index contributed by atoms with van der Waals surface area (Å²) in [6.07, 6.45) is 1.09. The van der Waals surface area contributed by atoms with Gasteiger partial charge in [0, 0.05) is 23.1 Å². The van der Waals surface area contributed by atoms with Gasteiger partial charge in [-0.25, -0.2) is 12.8 Å². The van der Waals surface area contributed by atoms with E-state index in [-0.39, 0.29) is 49.7 Å². The van der Waals surface area contributed by atoms with Crippen LogP contribution in [0.2, 0.25) is 0 Å². The summed E-state index contributed by atoms with van der Waals surface area (Å²) in [5, 5.41) is 32.3. The topological polar surface area (TPSA) is 170 Å². The summed E-state index contributed by atoms with van der Waals surface area (Å²) in [4.78, 5) is 27.7. The van der Waals surface area contributed by atoms with Gasteiger partial charge >= 0.3 is 0 Å². The minimum absolute atomic E-state index is 0.00854. The van der Waals surface area contributed by atoms with Gasteiger partial charge in [0.1, 0.15) is 17.3 Å². The van der Waals surface area contributed by atoms with Crippen molar-refractivity contribution in [2.75, 3.05) is 25.1 Å².